The van der Waals surface area contributed by atoms with Gasteiger partial charge in [0.1, 0.15) is 0 Å². The molecule has 0 saturated carbocycles. The van der Waals surface area contributed by atoms with Crippen molar-refractivity contribution in [2.75, 3.05) is 19.6 Å². The fourth-order valence-electron chi connectivity index (χ4n) is 1.80. The summed E-state index contributed by atoms with van der Waals surface area (Å²) in [5, 5.41) is 0. The summed E-state index contributed by atoms with van der Waals surface area (Å²) >= 11 is 0. The van der Waals surface area contributed by atoms with Gasteiger partial charge in [-0.15, -0.1) is 0 Å². The minimum atomic E-state index is 0.232. The van der Waals surface area contributed by atoms with Gasteiger partial charge in [-0.3, -0.25) is 0 Å². The Kier molecular flexibility index (Phi) is 6.20. The molecule has 1 nitrogen and oxygen atoms in total. The van der Waals surface area contributed by atoms with Crippen molar-refractivity contribution in [2.24, 2.45) is 0 Å². The van der Waals surface area contributed by atoms with E-state index in [0.29, 0.717) is 0 Å². The molecule has 0 bridgehead atoms. The summed E-state index contributed by atoms with van der Waals surface area (Å²) in [6.07, 6.45) is 6.51. The van der Waals surface area contributed by atoms with Crippen LogP contribution in [0, 0.1) is 0 Å². The lowest BCUT2D eigenvalue weighted by Gasteiger charge is -2.01. The van der Waals surface area contributed by atoms with E-state index in [9.17, 15) is 0 Å². The topological polar surface area (TPSA) is 3.01 Å². The molecule has 0 amide bonds. The van der Waals surface area contributed by atoms with E-state index in [-0.39, 0.29) is 9.52 Å². The van der Waals surface area contributed by atoms with Gasteiger partial charge >= 0.3 is 0 Å². The van der Waals surface area contributed by atoms with Crippen molar-refractivity contribution in [3.05, 3.63) is 11.6 Å². The van der Waals surface area contributed by atoms with Gasteiger partial charge in [0, 0.05) is 22.6 Å². The molecule has 2 heteroatoms. The fraction of sp³-hybridized carbons (Fsp3) is 0.833. The third-order valence-electron chi connectivity index (χ3n) is 3.06. The zero-order valence-electron chi connectivity index (χ0n) is 9.89. The Labute approximate surface area is 91.4 Å². The third-order valence-corrected chi connectivity index (χ3v) is 4.76. The van der Waals surface area contributed by atoms with Crippen molar-refractivity contribution in [2.45, 2.75) is 45.2 Å². The first kappa shape index (κ1) is 12.0. The van der Waals surface area contributed by atoms with Gasteiger partial charge in [-0.1, -0.05) is 31.5 Å². The van der Waals surface area contributed by atoms with E-state index < -0.39 is 0 Å². The molecular formula is C12H25NSi. The molecule has 1 aliphatic heterocycles. The van der Waals surface area contributed by atoms with Crippen LogP contribution in [0.1, 0.15) is 33.1 Å². The maximum Gasteiger partial charge on any atom is 0.0240 e. The molecule has 14 heavy (non-hydrogen) atoms. The van der Waals surface area contributed by atoms with Crippen LogP contribution in [0.5, 0.6) is 0 Å². The lowest BCUT2D eigenvalue weighted by Crippen LogP contribution is -2.00. The summed E-state index contributed by atoms with van der Waals surface area (Å²) in [5.41, 5.74) is 1.67. The summed E-state index contributed by atoms with van der Waals surface area (Å²) in [6, 6.07) is 2.99. The van der Waals surface area contributed by atoms with Crippen molar-refractivity contribution in [1.82, 2.24) is 4.90 Å². The van der Waals surface area contributed by atoms with Crippen molar-refractivity contribution in [1.29, 1.82) is 0 Å². The summed E-state index contributed by atoms with van der Waals surface area (Å²) in [7, 11) is 0.232. The Bertz CT molecular complexity index is 167. The molecule has 0 aromatic carbocycles. The van der Waals surface area contributed by atoms with E-state index in [1.54, 1.807) is 11.6 Å². The molecule has 1 rings (SSSR count). The molecule has 0 aromatic rings. The van der Waals surface area contributed by atoms with Crippen LogP contribution in [-0.2, 0) is 0 Å². The monoisotopic (exact) mass is 211 g/mol. The Morgan fingerprint density at radius 1 is 1.29 bits per heavy atom. The number of allylic oxidation sites excluding steroid dienone is 2. The lowest BCUT2D eigenvalue weighted by molar-refractivity contribution is 0.551. The number of nitrogens with zero attached hydrogens (tertiary/aromatic N) is 1. The molecule has 1 saturated heterocycles. The maximum atomic E-state index is 2.54. The van der Waals surface area contributed by atoms with Crippen molar-refractivity contribution >= 4 is 9.52 Å². The normalized spacial score (nSPS) is 16.4. The van der Waals surface area contributed by atoms with E-state index in [0.717, 1.165) is 0 Å². The van der Waals surface area contributed by atoms with E-state index in [1.165, 1.54) is 44.9 Å². The quantitative estimate of drug-likeness (QED) is 0.258. The molecule has 0 aliphatic carbocycles. The van der Waals surface area contributed by atoms with Crippen LogP contribution in [0.3, 0.4) is 0 Å². The largest absolute Gasteiger partial charge is 0.301 e. The smallest absolute Gasteiger partial charge is 0.0240 e. The molecule has 0 aromatic heterocycles. The van der Waals surface area contributed by atoms with Gasteiger partial charge in [0.2, 0.25) is 0 Å². The molecule has 1 heterocycles. The van der Waals surface area contributed by atoms with Crippen LogP contribution < -0.4 is 0 Å². The molecule has 1 fully saturated rings. The zero-order valence-corrected chi connectivity index (χ0v) is 11.3. The third kappa shape index (κ3) is 5.61. The predicted octanol–water partition coefficient (Wildman–Crippen LogP) is 2.44. The predicted molar refractivity (Wildman–Crippen MR) is 67.9 cm³/mol. The summed E-state index contributed by atoms with van der Waals surface area (Å²) in [4.78, 5) is 2.54. The molecule has 0 unspecified atom stereocenters. The molecule has 1 aliphatic rings. The number of hydrogen-bond donors (Lipinski definition) is 0. The van der Waals surface area contributed by atoms with Gasteiger partial charge < -0.3 is 4.90 Å². The van der Waals surface area contributed by atoms with Crippen LogP contribution in [-0.4, -0.2) is 34.1 Å². The van der Waals surface area contributed by atoms with Crippen LogP contribution in [0.25, 0.3) is 0 Å². The average Bonchev–Trinajstić information content (AvgIpc) is 3.01. The molecular weight excluding hydrogens is 186 g/mol. The van der Waals surface area contributed by atoms with Crippen molar-refractivity contribution in [3.8, 4) is 0 Å². The Balaban J connectivity index is 1.88. The standard InChI is InChI=1S/C12H25NSi/c1-3-12(4-2)6-11-14-10-5-7-13-8-9-13/h6H,3-5,7-11,14H2,1-2H3. The van der Waals surface area contributed by atoms with Crippen molar-refractivity contribution < 1.29 is 0 Å². The molecule has 0 spiro atoms. The van der Waals surface area contributed by atoms with Crippen LogP contribution >= 0.6 is 0 Å². The SMILES string of the molecule is CCC(=CC[SiH2]CCCN1CC1)CC. The second-order valence-corrected chi connectivity index (χ2v) is 6.25. The van der Waals surface area contributed by atoms with Crippen LogP contribution in [0.2, 0.25) is 12.1 Å². The first-order chi connectivity index (χ1) is 6.86. The van der Waals surface area contributed by atoms with E-state index in [2.05, 4.69) is 24.8 Å². The number of rotatable bonds is 8. The fourth-order valence-corrected chi connectivity index (χ4v) is 3.27. The highest BCUT2D eigenvalue weighted by Crippen LogP contribution is 2.08. The molecule has 0 N–H and O–H groups in total. The Hall–Kier alpha value is -0.0831. The average molecular weight is 211 g/mol. The molecule has 0 atom stereocenters. The van der Waals surface area contributed by atoms with Gasteiger partial charge in [-0.25, -0.2) is 0 Å². The zero-order chi connectivity index (χ0) is 10.2. The highest BCUT2D eigenvalue weighted by molar-refractivity contribution is 6.36. The van der Waals surface area contributed by atoms with Gasteiger partial charge in [-0.2, -0.15) is 0 Å². The first-order valence-electron chi connectivity index (χ1n) is 6.27. The van der Waals surface area contributed by atoms with Crippen LogP contribution in [0.15, 0.2) is 11.6 Å². The van der Waals surface area contributed by atoms with Crippen molar-refractivity contribution in [3.63, 3.8) is 0 Å². The number of hydrogen-bond acceptors (Lipinski definition) is 1. The van der Waals surface area contributed by atoms with Gasteiger partial charge in [0.25, 0.3) is 0 Å². The van der Waals surface area contributed by atoms with E-state index in [4.69, 9.17) is 0 Å². The summed E-state index contributed by atoms with van der Waals surface area (Å²) < 4.78 is 0. The summed E-state index contributed by atoms with van der Waals surface area (Å²) in [5.74, 6) is 0. The molecule has 82 valence electrons. The van der Waals surface area contributed by atoms with E-state index >= 15 is 0 Å². The second kappa shape index (κ2) is 7.24. The maximum absolute atomic E-state index is 2.54. The highest BCUT2D eigenvalue weighted by Gasteiger charge is 2.14. The summed E-state index contributed by atoms with van der Waals surface area (Å²) in [6.45, 7) is 8.67. The Morgan fingerprint density at radius 3 is 2.57 bits per heavy atom. The van der Waals surface area contributed by atoms with Gasteiger partial charge in [0.15, 0.2) is 0 Å². The Morgan fingerprint density at radius 2 is 2.00 bits per heavy atom. The van der Waals surface area contributed by atoms with E-state index in [1.807, 2.05) is 0 Å². The lowest BCUT2D eigenvalue weighted by atomic mass is 10.1. The minimum absolute atomic E-state index is 0.232. The van der Waals surface area contributed by atoms with Crippen LogP contribution in [0.4, 0.5) is 0 Å². The van der Waals surface area contributed by atoms with Gasteiger partial charge in [0.05, 0.1) is 0 Å². The van der Waals surface area contributed by atoms with Gasteiger partial charge in [-0.05, 0) is 31.9 Å². The molecule has 0 radical (unpaired) electrons. The first-order valence-corrected chi connectivity index (χ1v) is 8.27. The second-order valence-electron chi connectivity index (χ2n) is 4.26. The highest BCUT2D eigenvalue weighted by atomic mass is 28.2. The minimum Gasteiger partial charge on any atom is -0.301 e.